The van der Waals surface area contributed by atoms with E-state index in [1.54, 1.807) is 0 Å². The van der Waals surface area contributed by atoms with Gasteiger partial charge < -0.3 is 15.6 Å². The van der Waals surface area contributed by atoms with Crippen molar-refractivity contribution in [3.8, 4) is 0 Å². The van der Waals surface area contributed by atoms with Crippen LogP contribution in [-0.2, 0) is 4.79 Å². The van der Waals surface area contributed by atoms with E-state index in [4.69, 9.17) is 5.73 Å². The molecule has 2 amide bonds. The highest BCUT2D eigenvalue weighted by molar-refractivity contribution is 9.10. The summed E-state index contributed by atoms with van der Waals surface area (Å²) in [6.45, 7) is 5.95. The number of carbonyl (C=O) groups excluding carboxylic acids is 2. The molecule has 1 aromatic rings. The first-order valence-electron chi connectivity index (χ1n) is 7.55. The Morgan fingerprint density at radius 3 is 2.59 bits per heavy atom. The molecule has 1 aromatic heterocycles. The van der Waals surface area contributed by atoms with Crippen molar-refractivity contribution in [3.05, 3.63) is 22.4 Å². The Morgan fingerprint density at radius 2 is 2.05 bits per heavy atom. The highest BCUT2D eigenvalue weighted by Crippen LogP contribution is 2.20. The maximum atomic E-state index is 12.5. The summed E-state index contributed by atoms with van der Waals surface area (Å²) in [6, 6.07) is 2.22. The normalized spacial score (nSPS) is 16.9. The molecule has 1 saturated heterocycles. The number of halogens is 1. The fourth-order valence-corrected chi connectivity index (χ4v) is 3.21. The summed E-state index contributed by atoms with van der Waals surface area (Å²) in [5.74, 6) is -0.352. The van der Waals surface area contributed by atoms with Crippen LogP contribution in [0.25, 0.3) is 0 Å². The molecule has 1 aliphatic heterocycles. The van der Waals surface area contributed by atoms with E-state index in [2.05, 4.69) is 21.2 Å². The molecule has 0 saturated carbocycles. The van der Waals surface area contributed by atoms with Crippen LogP contribution in [0, 0.1) is 0 Å². The first-order valence-corrected chi connectivity index (χ1v) is 8.35. The van der Waals surface area contributed by atoms with E-state index >= 15 is 0 Å². The Labute approximate surface area is 139 Å². The molecule has 2 heterocycles. The number of piperidine rings is 1. The molecule has 0 radical (unpaired) electrons. The topological polar surface area (TPSA) is 80.4 Å². The van der Waals surface area contributed by atoms with Crippen LogP contribution < -0.4 is 11.1 Å². The van der Waals surface area contributed by atoms with Gasteiger partial charge >= 0.3 is 0 Å². The lowest BCUT2D eigenvalue weighted by atomic mass is 10.0. The van der Waals surface area contributed by atoms with Gasteiger partial charge in [0.15, 0.2) is 0 Å². The van der Waals surface area contributed by atoms with Gasteiger partial charge in [0.05, 0.1) is 6.54 Å². The van der Waals surface area contributed by atoms with Crippen LogP contribution in [0.15, 0.2) is 16.7 Å². The van der Waals surface area contributed by atoms with Gasteiger partial charge in [-0.05, 0) is 48.7 Å². The average Bonchev–Trinajstić information content (AvgIpc) is 2.83. The maximum absolute atomic E-state index is 12.5. The Balaban J connectivity index is 1.92. The first kappa shape index (κ1) is 17.0. The van der Waals surface area contributed by atoms with Gasteiger partial charge in [0.2, 0.25) is 5.91 Å². The molecule has 0 aromatic carbocycles. The molecule has 22 heavy (non-hydrogen) atoms. The van der Waals surface area contributed by atoms with Gasteiger partial charge in [-0.2, -0.15) is 0 Å². The minimum Gasteiger partial charge on any atom is -0.369 e. The lowest BCUT2D eigenvalue weighted by molar-refractivity contribution is -0.119. The van der Waals surface area contributed by atoms with Gasteiger partial charge in [0.1, 0.15) is 5.69 Å². The molecule has 3 N–H and O–H groups in total. The largest absolute Gasteiger partial charge is 0.369 e. The summed E-state index contributed by atoms with van der Waals surface area (Å²) >= 11 is 3.42. The predicted octanol–water partition coefficient (Wildman–Crippen LogP) is 1.51. The Morgan fingerprint density at radius 1 is 1.41 bits per heavy atom. The molecule has 0 unspecified atom stereocenters. The number of hydrogen-bond acceptors (Lipinski definition) is 3. The third kappa shape index (κ3) is 4.33. The standard InChI is InChI=1S/C15H23BrN4O2/c1-10(2)20-8-11(16)7-13(20)15(22)18-12-3-5-19(6-4-12)9-14(17)21/h7-8,10,12H,3-6,9H2,1-2H3,(H2,17,21)(H,18,22). The van der Waals surface area contributed by atoms with Crippen molar-refractivity contribution in [1.82, 2.24) is 14.8 Å². The van der Waals surface area contributed by atoms with Gasteiger partial charge in [-0.3, -0.25) is 14.5 Å². The number of rotatable bonds is 5. The summed E-state index contributed by atoms with van der Waals surface area (Å²) in [5.41, 5.74) is 5.87. The van der Waals surface area contributed by atoms with Crippen LogP contribution in [0.5, 0.6) is 0 Å². The number of carbonyl (C=O) groups is 2. The van der Waals surface area contributed by atoms with Crippen molar-refractivity contribution in [2.75, 3.05) is 19.6 Å². The smallest absolute Gasteiger partial charge is 0.268 e. The van der Waals surface area contributed by atoms with Crippen LogP contribution in [0.3, 0.4) is 0 Å². The van der Waals surface area contributed by atoms with Gasteiger partial charge in [0, 0.05) is 35.8 Å². The zero-order chi connectivity index (χ0) is 16.3. The summed E-state index contributed by atoms with van der Waals surface area (Å²) in [7, 11) is 0. The monoisotopic (exact) mass is 370 g/mol. The molecule has 0 aliphatic carbocycles. The van der Waals surface area contributed by atoms with Gasteiger partial charge in [-0.15, -0.1) is 0 Å². The zero-order valence-corrected chi connectivity index (χ0v) is 14.6. The number of amides is 2. The van der Waals surface area contributed by atoms with E-state index < -0.39 is 0 Å². The van der Waals surface area contributed by atoms with E-state index in [-0.39, 0.29) is 23.9 Å². The Kier molecular flexibility index (Phi) is 5.63. The molecule has 6 nitrogen and oxygen atoms in total. The van der Waals surface area contributed by atoms with Crippen LogP contribution >= 0.6 is 15.9 Å². The molecule has 0 spiro atoms. The average molecular weight is 371 g/mol. The lowest BCUT2D eigenvalue weighted by Crippen LogP contribution is -2.47. The van der Waals surface area contributed by atoms with E-state index in [0.29, 0.717) is 12.2 Å². The number of likely N-dealkylation sites (tertiary alicyclic amines) is 1. The predicted molar refractivity (Wildman–Crippen MR) is 88.6 cm³/mol. The third-order valence-electron chi connectivity index (χ3n) is 3.91. The number of nitrogens with zero attached hydrogens (tertiary/aromatic N) is 2. The zero-order valence-electron chi connectivity index (χ0n) is 13.0. The second kappa shape index (κ2) is 7.28. The quantitative estimate of drug-likeness (QED) is 0.824. The van der Waals surface area contributed by atoms with E-state index in [0.717, 1.165) is 30.4 Å². The van der Waals surface area contributed by atoms with Crippen LogP contribution in [0.2, 0.25) is 0 Å². The number of primary amides is 1. The molecule has 7 heteroatoms. The molecule has 1 aliphatic rings. The second-order valence-corrected chi connectivity index (χ2v) is 6.95. The number of aromatic nitrogens is 1. The molecule has 1 fully saturated rings. The third-order valence-corrected chi connectivity index (χ3v) is 4.34. The van der Waals surface area contributed by atoms with Crippen LogP contribution in [-0.4, -0.2) is 47.0 Å². The van der Waals surface area contributed by atoms with Crippen molar-refractivity contribution in [2.45, 2.75) is 38.8 Å². The van der Waals surface area contributed by atoms with Crippen molar-refractivity contribution < 1.29 is 9.59 Å². The number of nitrogens with two attached hydrogens (primary N) is 1. The number of nitrogens with one attached hydrogen (secondary N) is 1. The summed E-state index contributed by atoms with van der Waals surface area (Å²) in [6.07, 6.45) is 3.60. The first-order chi connectivity index (χ1) is 10.4. The molecule has 2 rings (SSSR count). The Bertz CT molecular complexity index is 548. The summed E-state index contributed by atoms with van der Waals surface area (Å²) in [5, 5.41) is 3.09. The number of hydrogen-bond donors (Lipinski definition) is 2. The highest BCUT2D eigenvalue weighted by Gasteiger charge is 2.23. The lowest BCUT2D eigenvalue weighted by Gasteiger charge is -2.31. The van der Waals surface area contributed by atoms with Crippen molar-refractivity contribution in [2.24, 2.45) is 5.73 Å². The molecule has 0 atom stereocenters. The molecular weight excluding hydrogens is 348 g/mol. The van der Waals surface area contributed by atoms with Crippen LogP contribution in [0.4, 0.5) is 0 Å². The summed E-state index contributed by atoms with van der Waals surface area (Å²) in [4.78, 5) is 25.4. The fraction of sp³-hybridized carbons (Fsp3) is 0.600. The van der Waals surface area contributed by atoms with Gasteiger partial charge in [-0.1, -0.05) is 0 Å². The summed E-state index contributed by atoms with van der Waals surface area (Å²) < 4.78 is 2.87. The van der Waals surface area contributed by atoms with Crippen molar-refractivity contribution >= 4 is 27.7 Å². The van der Waals surface area contributed by atoms with Gasteiger partial charge in [0.25, 0.3) is 5.91 Å². The Hall–Kier alpha value is -1.34. The minimum atomic E-state index is -0.304. The second-order valence-electron chi connectivity index (χ2n) is 6.03. The van der Waals surface area contributed by atoms with E-state index in [9.17, 15) is 9.59 Å². The molecule has 0 bridgehead atoms. The molecular formula is C15H23BrN4O2. The van der Waals surface area contributed by atoms with E-state index in [1.807, 2.05) is 35.6 Å². The minimum absolute atomic E-state index is 0.0484. The fourth-order valence-electron chi connectivity index (χ4n) is 2.77. The van der Waals surface area contributed by atoms with Crippen molar-refractivity contribution in [1.29, 1.82) is 0 Å². The van der Waals surface area contributed by atoms with Crippen LogP contribution in [0.1, 0.15) is 43.2 Å². The SMILES string of the molecule is CC(C)n1cc(Br)cc1C(=O)NC1CCN(CC(N)=O)CC1. The maximum Gasteiger partial charge on any atom is 0.268 e. The van der Waals surface area contributed by atoms with Crippen molar-refractivity contribution in [3.63, 3.8) is 0 Å². The van der Waals surface area contributed by atoms with E-state index in [1.165, 1.54) is 0 Å². The molecule has 122 valence electrons. The van der Waals surface area contributed by atoms with Gasteiger partial charge in [-0.25, -0.2) is 0 Å². The highest BCUT2D eigenvalue weighted by atomic mass is 79.9.